The SMILES string of the molecule is C=C[Si](C)(C)COc1ccc(C(=O)Cl)cc1. The van der Waals surface area contributed by atoms with Gasteiger partial charge in [-0.05, 0) is 35.9 Å². The van der Waals surface area contributed by atoms with E-state index in [0.29, 0.717) is 11.8 Å². The number of hydrogen-bond acceptors (Lipinski definition) is 2. The third-order valence-corrected chi connectivity index (χ3v) is 4.46. The van der Waals surface area contributed by atoms with Crippen LogP contribution in [0.15, 0.2) is 36.5 Å². The Bertz CT molecular complexity index is 385. The summed E-state index contributed by atoms with van der Waals surface area (Å²) in [6, 6.07) is 6.83. The number of ether oxygens (including phenoxy) is 1. The molecule has 0 N–H and O–H groups in total. The molecule has 0 saturated heterocycles. The lowest BCUT2D eigenvalue weighted by molar-refractivity contribution is 0.108. The van der Waals surface area contributed by atoms with Gasteiger partial charge in [-0.15, -0.1) is 6.58 Å². The zero-order valence-corrected chi connectivity index (χ0v) is 11.3. The Morgan fingerprint density at radius 1 is 1.44 bits per heavy atom. The maximum absolute atomic E-state index is 10.8. The molecule has 86 valence electrons. The molecule has 0 aliphatic carbocycles. The fourth-order valence-corrected chi connectivity index (χ4v) is 1.79. The highest BCUT2D eigenvalue weighted by molar-refractivity contribution is 6.82. The first-order chi connectivity index (χ1) is 7.44. The molecule has 0 amide bonds. The van der Waals surface area contributed by atoms with E-state index >= 15 is 0 Å². The van der Waals surface area contributed by atoms with Gasteiger partial charge >= 0.3 is 0 Å². The van der Waals surface area contributed by atoms with Crippen molar-refractivity contribution in [3.8, 4) is 5.75 Å². The van der Waals surface area contributed by atoms with Gasteiger partial charge in [0.1, 0.15) is 13.8 Å². The maximum Gasteiger partial charge on any atom is 0.252 e. The molecule has 4 heteroatoms. The highest BCUT2D eigenvalue weighted by Gasteiger charge is 2.16. The number of benzene rings is 1. The molecule has 0 bridgehead atoms. The molecular formula is C12H15ClO2Si. The van der Waals surface area contributed by atoms with Gasteiger partial charge < -0.3 is 4.74 Å². The van der Waals surface area contributed by atoms with Crippen molar-refractivity contribution in [2.45, 2.75) is 13.1 Å². The second kappa shape index (κ2) is 5.32. The van der Waals surface area contributed by atoms with Crippen molar-refractivity contribution in [1.29, 1.82) is 0 Å². The highest BCUT2D eigenvalue weighted by atomic mass is 35.5. The van der Waals surface area contributed by atoms with Gasteiger partial charge in [-0.2, -0.15) is 0 Å². The second-order valence-electron chi connectivity index (χ2n) is 4.28. The molecule has 1 aromatic carbocycles. The van der Waals surface area contributed by atoms with Crippen molar-refractivity contribution >= 4 is 24.9 Å². The fourth-order valence-electron chi connectivity index (χ4n) is 1.01. The minimum Gasteiger partial charge on any atom is -0.497 e. The molecule has 0 fully saturated rings. The van der Waals surface area contributed by atoms with Gasteiger partial charge in [0.15, 0.2) is 0 Å². The Kier molecular flexibility index (Phi) is 4.32. The van der Waals surface area contributed by atoms with E-state index in [1.807, 2.05) is 5.70 Å². The Morgan fingerprint density at radius 2 is 2.00 bits per heavy atom. The van der Waals surface area contributed by atoms with Crippen molar-refractivity contribution in [2.75, 3.05) is 6.23 Å². The molecule has 0 aliphatic heterocycles. The monoisotopic (exact) mass is 254 g/mol. The zero-order valence-electron chi connectivity index (χ0n) is 9.50. The van der Waals surface area contributed by atoms with Crippen LogP contribution in [0.3, 0.4) is 0 Å². The molecule has 1 rings (SSSR count). The third-order valence-electron chi connectivity index (χ3n) is 2.24. The van der Waals surface area contributed by atoms with E-state index in [9.17, 15) is 4.79 Å². The van der Waals surface area contributed by atoms with Crippen molar-refractivity contribution < 1.29 is 9.53 Å². The van der Waals surface area contributed by atoms with Gasteiger partial charge in [-0.25, -0.2) is 0 Å². The predicted octanol–water partition coefficient (Wildman–Crippen LogP) is 3.42. The van der Waals surface area contributed by atoms with Crippen molar-refractivity contribution in [3.63, 3.8) is 0 Å². The number of hydrogen-bond donors (Lipinski definition) is 0. The van der Waals surface area contributed by atoms with Crippen LogP contribution in [-0.2, 0) is 0 Å². The summed E-state index contributed by atoms with van der Waals surface area (Å²) in [7, 11) is -1.45. The van der Waals surface area contributed by atoms with Gasteiger partial charge in [0.2, 0.25) is 0 Å². The Morgan fingerprint density at radius 3 is 2.44 bits per heavy atom. The number of halogens is 1. The minimum absolute atomic E-state index is 0.452. The molecule has 1 aromatic rings. The molecule has 2 nitrogen and oxygen atoms in total. The maximum atomic E-state index is 10.8. The second-order valence-corrected chi connectivity index (χ2v) is 9.30. The van der Waals surface area contributed by atoms with Crippen molar-refractivity contribution in [2.24, 2.45) is 0 Å². The van der Waals surface area contributed by atoms with Gasteiger partial charge in [0.25, 0.3) is 5.24 Å². The van der Waals surface area contributed by atoms with Crippen LogP contribution in [0.2, 0.25) is 13.1 Å². The molecule has 0 spiro atoms. The largest absolute Gasteiger partial charge is 0.497 e. The van der Waals surface area contributed by atoms with Gasteiger partial charge in [-0.3, -0.25) is 4.79 Å². The lowest BCUT2D eigenvalue weighted by atomic mass is 10.2. The fraction of sp³-hybridized carbons (Fsp3) is 0.250. The van der Waals surface area contributed by atoms with E-state index < -0.39 is 13.3 Å². The van der Waals surface area contributed by atoms with Crippen LogP contribution < -0.4 is 4.74 Å². The molecule has 0 aliphatic rings. The molecule has 0 saturated carbocycles. The number of rotatable bonds is 5. The van der Waals surface area contributed by atoms with Gasteiger partial charge in [0.05, 0.1) is 6.23 Å². The first kappa shape index (κ1) is 13.0. The summed E-state index contributed by atoms with van der Waals surface area (Å²) in [6.07, 6.45) is 0.685. The lowest BCUT2D eigenvalue weighted by Gasteiger charge is -2.17. The average molecular weight is 255 g/mol. The third kappa shape index (κ3) is 3.83. The van der Waals surface area contributed by atoms with Crippen LogP contribution in [0.1, 0.15) is 10.4 Å². The Balaban J connectivity index is 2.63. The van der Waals surface area contributed by atoms with Crippen LogP contribution >= 0.6 is 11.6 Å². The molecule has 0 radical (unpaired) electrons. The van der Waals surface area contributed by atoms with E-state index in [0.717, 1.165) is 5.75 Å². The van der Waals surface area contributed by atoms with Gasteiger partial charge in [0, 0.05) is 5.56 Å². The summed E-state index contributed by atoms with van der Waals surface area (Å²) in [5, 5.41) is -0.452. The van der Waals surface area contributed by atoms with Crippen LogP contribution in [-0.4, -0.2) is 19.5 Å². The Labute approximate surface area is 102 Å². The highest BCUT2D eigenvalue weighted by Crippen LogP contribution is 2.15. The topological polar surface area (TPSA) is 26.3 Å². The Hall–Kier alpha value is -1.06. The number of carbonyl (C=O) groups is 1. The quantitative estimate of drug-likeness (QED) is 0.595. The molecule has 0 heterocycles. The smallest absolute Gasteiger partial charge is 0.252 e. The molecule has 0 unspecified atom stereocenters. The van der Waals surface area contributed by atoms with E-state index in [1.165, 1.54) is 0 Å². The standard InChI is InChI=1S/C12H15ClO2Si/c1-4-16(2,3)9-15-11-7-5-10(6-8-11)12(13)14/h4-8H,1,9H2,2-3H3. The summed E-state index contributed by atoms with van der Waals surface area (Å²) in [6.45, 7) is 8.16. The van der Waals surface area contributed by atoms with Crippen LogP contribution in [0.5, 0.6) is 5.75 Å². The molecule has 0 atom stereocenters. The molecule has 16 heavy (non-hydrogen) atoms. The normalized spacial score (nSPS) is 10.9. The van der Waals surface area contributed by atoms with Crippen LogP contribution in [0, 0.1) is 0 Å². The average Bonchev–Trinajstić information content (AvgIpc) is 2.27. The summed E-state index contributed by atoms with van der Waals surface area (Å²) < 4.78 is 5.63. The van der Waals surface area contributed by atoms with E-state index in [1.54, 1.807) is 24.3 Å². The van der Waals surface area contributed by atoms with E-state index in [4.69, 9.17) is 16.3 Å². The first-order valence-electron chi connectivity index (χ1n) is 5.01. The van der Waals surface area contributed by atoms with E-state index in [2.05, 4.69) is 19.7 Å². The summed E-state index contributed by atoms with van der Waals surface area (Å²) in [5.74, 6) is 0.754. The van der Waals surface area contributed by atoms with Crippen LogP contribution in [0.25, 0.3) is 0 Å². The summed E-state index contributed by atoms with van der Waals surface area (Å²) in [5.41, 5.74) is 2.47. The lowest BCUT2D eigenvalue weighted by Crippen LogP contribution is -2.31. The molecular weight excluding hydrogens is 240 g/mol. The van der Waals surface area contributed by atoms with Crippen LogP contribution in [0.4, 0.5) is 0 Å². The number of carbonyl (C=O) groups excluding carboxylic acids is 1. The van der Waals surface area contributed by atoms with Gasteiger partial charge in [-0.1, -0.05) is 18.8 Å². The predicted molar refractivity (Wildman–Crippen MR) is 69.8 cm³/mol. The van der Waals surface area contributed by atoms with E-state index in [-0.39, 0.29) is 0 Å². The minimum atomic E-state index is -1.45. The first-order valence-corrected chi connectivity index (χ1v) is 8.67. The van der Waals surface area contributed by atoms with Crippen molar-refractivity contribution in [3.05, 3.63) is 42.1 Å². The molecule has 0 aromatic heterocycles. The summed E-state index contributed by atoms with van der Waals surface area (Å²) in [4.78, 5) is 10.8. The van der Waals surface area contributed by atoms with Crippen molar-refractivity contribution in [1.82, 2.24) is 0 Å². The summed E-state index contributed by atoms with van der Waals surface area (Å²) >= 11 is 5.34. The zero-order chi connectivity index (χ0) is 12.2.